The molecule has 0 saturated carbocycles. The van der Waals surface area contributed by atoms with Gasteiger partial charge in [-0.25, -0.2) is 9.97 Å². The molecule has 0 spiro atoms. The lowest BCUT2D eigenvalue weighted by Gasteiger charge is -2.31. The van der Waals surface area contributed by atoms with Gasteiger partial charge in [-0.1, -0.05) is 25.1 Å². The molecule has 3 heterocycles. The third kappa shape index (κ3) is 4.09. The van der Waals surface area contributed by atoms with Crippen LogP contribution in [0.1, 0.15) is 42.8 Å². The van der Waals surface area contributed by atoms with Gasteiger partial charge in [0, 0.05) is 37.0 Å². The van der Waals surface area contributed by atoms with E-state index in [1.165, 1.54) is 11.3 Å². The fraction of sp³-hybridized carbons (Fsp3) is 0.391. The number of rotatable bonds is 6. The van der Waals surface area contributed by atoms with Gasteiger partial charge >= 0.3 is 0 Å². The predicted molar refractivity (Wildman–Crippen MR) is 111 cm³/mol. The number of imidazole rings is 1. The number of nitrogens with zero attached hydrogens (tertiary/aromatic N) is 4. The van der Waals surface area contributed by atoms with E-state index in [1.807, 2.05) is 24.5 Å². The molecule has 1 aliphatic heterocycles. The molecule has 0 amide bonds. The van der Waals surface area contributed by atoms with E-state index in [0.29, 0.717) is 5.92 Å². The molecule has 4 rings (SSSR count). The van der Waals surface area contributed by atoms with Crippen LogP contribution in [0, 0.1) is 0 Å². The van der Waals surface area contributed by atoms with E-state index in [4.69, 9.17) is 9.72 Å². The zero-order chi connectivity index (χ0) is 19.3. The molecule has 5 heteroatoms. The van der Waals surface area contributed by atoms with Crippen molar-refractivity contribution >= 4 is 0 Å². The monoisotopic (exact) mass is 376 g/mol. The van der Waals surface area contributed by atoms with Crippen molar-refractivity contribution in [1.29, 1.82) is 0 Å². The Morgan fingerprint density at radius 1 is 1.07 bits per heavy atom. The highest BCUT2D eigenvalue weighted by Gasteiger charge is 2.22. The summed E-state index contributed by atoms with van der Waals surface area (Å²) in [4.78, 5) is 11.9. The molecule has 146 valence electrons. The summed E-state index contributed by atoms with van der Waals surface area (Å²) < 4.78 is 7.35. The third-order valence-electron chi connectivity index (χ3n) is 5.61. The molecular formula is C23H28N4O. The molecular weight excluding hydrogens is 348 g/mol. The lowest BCUT2D eigenvalue weighted by atomic mass is 9.93. The number of piperidine rings is 1. The number of benzene rings is 1. The van der Waals surface area contributed by atoms with Gasteiger partial charge in [-0.05, 0) is 55.8 Å². The van der Waals surface area contributed by atoms with Crippen LogP contribution in [0.15, 0.2) is 54.9 Å². The minimum Gasteiger partial charge on any atom is -0.497 e. The van der Waals surface area contributed by atoms with Gasteiger partial charge in [0.05, 0.1) is 7.11 Å². The molecule has 1 saturated heterocycles. The third-order valence-corrected chi connectivity index (χ3v) is 5.61. The molecule has 0 radical (unpaired) electrons. The standard InChI is InChI=1S/C23H28N4O/c1-3-22-24-13-16-27(22)23-6-4-5-21(25-23)19-11-14-26(15-12-19)17-18-7-9-20(28-2)10-8-18/h4-10,13,16,19H,3,11-12,14-15,17H2,1-2H3. The molecule has 0 N–H and O–H groups in total. The normalized spacial score (nSPS) is 15.6. The second-order valence-electron chi connectivity index (χ2n) is 7.39. The van der Waals surface area contributed by atoms with Crippen molar-refractivity contribution in [1.82, 2.24) is 19.4 Å². The van der Waals surface area contributed by atoms with E-state index in [1.54, 1.807) is 7.11 Å². The van der Waals surface area contributed by atoms with Crippen molar-refractivity contribution in [3.8, 4) is 11.6 Å². The van der Waals surface area contributed by atoms with E-state index in [-0.39, 0.29) is 0 Å². The summed E-state index contributed by atoms with van der Waals surface area (Å²) in [6.45, 7) is 5.34. The number of hydrogen-bond acceptors (Lipinski definition) is 4. The van der Waals surface area contributed by atoms with Crippen molar-refractivity contribution in [2.45, 2.75) is 38.6 Å². The fourth-order valence-electron chi connectivity index (χ4n) is 3.98. The Kier molecular flexibility index (Phi) is 5.72. The van der Waals surface area contributed by atoms with E-state index in [2.05, 4.69) is 51.7 Å². The quantitative estimate of drug-likeness (QED) is 0.646. The van der Waals surface area contributed by atoms with Crippen LogP contribution in [-0.4, -0.2) is 39.6 Å². The Balaban J connectivity index is 1.39. The molecule has 28 heavy (non-hydrogen) atoms. The molecule has 0 bridgehead atoms. The highest BCUT2D eigenvalue weighted by atomic mass is 16.5. The largest absolute Gasteiger partial charge is 0.497 e. The van der Waals surface area contributed by atoms with Gasteiger partial charge in [-0.15, -0.1) is 0 Å². The molecule has 0 unspecified atom stereocenters. The Morgan fingerprint density at radius 2 is 1.86 bits per heavy atom. The minimum atomic E-state index is 0.528. The average Bonchev–Trinajstić information content (AvgIpc) is 3.24. The Labute approximate surface area is 167 Å². The Morgan fingerprint density at radius 3 is 2.57 bits per heavy atom. The molecule has 3 aromatic rings. The first-order chi connectivity index (χ1) is 13.8. The Hall–Kier alpha value is -2.66. The summed E-state index contributed by atoms with van der Waals surface area (Å²) in [5.41, 5.74) is 2.55. The maximum Gasteiger partial charge on any atom is 0.138 e. The van der Waals surface area contributed by atoms with Crippen LogP contribution in [0.25, 0.3) is 5.82 Å². The molecule has 0 atom stereocenters. The molecule has 1 aromatic carbocycles. The number of pyridine rings is 1. The summed E-state index contributed by atoms with van der Waals surface area (Å²) in [6, 6.07) is 14.8. The van der Waals surface area contributed by atoms with Crippen molar-refractivity contribution in [2.24, 2.45) is 0 Å². The van der Waals surface area contributed by atoms with E-state index >= 15 is 0 Å². The van der Waals surface area contributed by atoms with E-state index in [0.717, 1.165) is 56.3 Å². The van der Waals surface area contributed by atoms with Gasteiger partial charge in [-0.3, -0.25) is 9.47 Å². The number of ether oxygens (including phenoxy) is 1. The first kappa shape index (κ1) is 18.7. The van der Waals surface area contributed by atoms with Crippen LogP contribution < -0.4 is 4.74 Å². The highest BCUT2D eigenvalue weighted by Crippen LogP contribution is 2.28. The van der Waals surface area contributed by atoms with Gasteiger partial charge in [0.1, 0.15) is 17.4 Å². The van der Waals surface area contributed by atoms with Gasteiger partial charge in [-0.2, -0.15) is 0 Å². The lowest BCUT2D eigenvalue weighted by molar-refractivity contribution is 0.203. The van der Waals surface area contributed by atoms with Crippen molar-refractivity contribution < 1.29 is 4.74 Å². The number of methoxy groups -OCH3 is 1. The summed E-state index contributed by atoms with van der Waals surface area (Å²) in [6.07, 6.45) is 7.06. The lowest BCUT2D eigenvalue weighted by Crippen LogP contribution is -2.32. The molecule has 5 nitrogen and oxygen atoms in total. The van der Waals surface area contributed by atoms with Crippen LogP contribution >= 0.6 is 0 Å². The highest BCUT2D eigenvalue weighted by molar-refractivity contribution is 5.29. The van der Waals surface area contributed by atoms with Gasteiger partial charge in [0.15, 0.2) is 0 Å². The smallest absolute Gasteiger partial charge is 0.138 e. The summed E-state index contributed by atoms with van der Waals surface area (Å²) in [7, 11) is 1.71. The van der Waals surface area contributed by atoms with Crippen LogP contribution in [0.2, 0.25) is 0 Å². The van der Waals surface area contributed by atoms with Crippen LogP contribution in [-0.2, 0) is 13.0 Å². The van der Waals surface area contributed by atoms with Gasteiger partial charge in [0.25, 0.3) is 0 Å². The van der Waals surface area contributed by atoms with Crippen LogP contribution in [0.4, 0.5) is 0 Å². The number of hydrogen-bond donors (Lipinski definition) is 0. The Bertz CT molecular complexity index is 895. The second-order valence-corrected chi connectivity index (χ2v) is 7.39. The first-order valence-corrected chi connectivity index (χ1v) is 10.1. The maximum atomic E-state index is 5.25. The SMILES string of the molecule is CCc1nccn1-c1cccc(C2CCN(Cc3ccc(OC)cc3)CC2)n1. The van der Waals surface area contributed by atoms with Gasteiger partial charge in [0.2, 0.25) is 0 Å². The zero-order valence-corrected chi connectivity index (χ0v) is 16.7. The number of aryl methyl sites for hydroxylation is 1. The van der Waals surface area contributed by atoms with Crippen LogP contribution in [0.5, 0.6) is 5.75 Å². The average molecular weight is 377 g/mol. The van der Waals surface area contributed by atoms with Crippen molar-refractivity contribution in [3.63, 3.8) is 0 Å². The summed E-state index contributed by atoms with van der Waals surface area (Å²) >= 11 is 0. The van der Waals surface area contributed by atoms with Crippen molar-refractivity contribution in [3.05, 3.63) is 71.9 Å². The molecule has 2 aromatic heterocycles. The minimum absolute atomic E-state index is 0.528. The predicted octanol–water partition coefficient (Wildman–Crippen LogP) is 4.22. The summed E-state index contributed by atoms with van der Waals surface area (Å²) in [5, 5.41) is 0. The maximum absolute atomic E-state index is 5.25. The molecule has 1 fully saturated rings. The zero-order valence-electron chi connectivity index (χ0n) is 16.7. The van der Waals surface area contributed by atoms with E-state index < -0.39 is 0 Å². The van der Waals surface area contributed by atoms with Crippen LogP contribution in [0.3, 0.4) is 0 Å². The first-order valence-electron chi connectivity index (χ1n) is 10.1. The molecule has 0 aliphatic carbocycles. The van der Waals surface area contributed by atoms with Gasteiger partial charge < -0.3 is 4.74 Å². The fourth-order valence-corrected chi connectivity index (χ4v) is 3.98. The molecule has 1 aliphatic rings. The number of aromatic nitrogens is 3. The van der Waals surface area contributed by atoms with Crippen molar-refractivity contribution in [2.75, 3.05) is 20.2 Å². The second kappa shape index (κ2) is 8.57. The number of likely N-dealkylation sites (tertiary alicyclic amines) is 1. The summed E-state index contributed by atoms with van der Waals surface area (Å²) in [5.74, 6) is 3.48. The van der Waals surface area contributed by atoms with E-state index in [9.17, 15) is 0 Å². The topological polar surface area (TPSA) is 43.2 Å².